The molecular formula is C19H22FN3O3S. The fraction of sp³-hybridized carbons (Fsp3) is 0.368. The van der Waals surface area contributed by atoms with Crippen molar-refractivity contribution in [3.8, 4) is 0 Å². The Hall–Kier alpha value is -2.32. The minimum atomic E-state index is -3.96. The van der Waals surface area contributed by atoms with Crippen LogP contribution in [0.3, 0.4) is 0 Å². The summed E-state index contributed by atoms with van der Waals surface area (Å²) < 4.78 is 41.2. The van der Waals surface area contributed by atoms with E-state index in [1.165, 1.54) is 15.3 Å². The zero-order valence-corrected chi connectivity index (χ0v) is 16.0. The number of aromatic nitrogens is 1. The first-order valence-corrected chi connectivity index (χ1v) is 10.3. The quantitative estimate of drug-likeness (QED) is 0.786. The van der Waals surface area contributed by atoms with Gasteiger partial charge in [0.05, 0.1) is 0 Å². The van der Waals surface area contributed by atoms with E-state index in [-0.39, 0.29) is 11.5 Å². The zero-order chi connectivity index (χ0) is 19.4. The molecule has 0 atom stereocenters. The largest absolute Gasteiger partial charge is 0.337 e. The Bertz CT molecular complexity index is 913. The van der Waals surface area contributed by atoms with Gasteiger partial charge in [0.1, 0.15) is 10.7 Å². The molecule has 1 aromatic carbocycles. The van der Waals surface area contributed by atoms with Crippen LogP contribution in [0, 0.1) is 5.82 Å². The first-order valence-electron chi connectivity index (χ1n) is 8.83. The average Bonchev–Trinajstić information content (AvgIpc) is 2.69. The molecular weight excluding hydrogens is 369 g/mol. The summed E-state index contributed by atoms with van der Waals surface area (Å²) in [5.74, 6) is -1.22. The molecule has 27 heavy (non-hydrogen) atoms. The Morgan fingerprint density at radius 1 is 1.22 bits per heavy atom. The third-order valence-electron chi connectivity index (χ3n) is 4.60. The van der Waals surface area contributed by atoms with Crippen LogP contribution < -0.4 is 0 Å². The fourth-order valence-electron chi connectivity index (χ4n) is 3.14. The van der Waals surface area contributed by atoms with Crippen molar-refractivity contribution in [3.05, 3.63) is 59.7 Å². The topological polar surface area (TPSA) is 70.6 Å². The van der Waals surface area contributed by atoms with Crippen molar-refractivity contribution >= 4 is 15.9 Å². The molecule has 1 fully saturated rings. The van der Waals surface area contributed by atoms with Crippen molar-refractivity contribution in [2.75, 3.05) is 20.1 Å². The molecule has 0 radical (unpaired) electrons. The van der Waals surface area contributed by atoms with Crippen LogP contribution in [0.25, 0.3) is 0 Å². The van der Waals surface area contributed by atoms with Gasteiger partial charge < -0.3 is 4.90 Å². The third kappa shape index (κ3) is 4.33. The van der Waals surface area contributed by atoms with Crippen molar-refractivity contribution in [1.29, 1.82) is 0 Å². The van der Waals surface area contributed by atoms with E-state index in [2.05, 4.69) is 4.98 Å². The smallest absolute Gasteiger partial charge is 0.253 e. The number of amides is 1. The summed E-state index contributed by atoms with van der Waals surface area (Å²) in [5, 5.41) is 0. The number of carbonyl (C=O) groups excluding carboxylic acids is 1. The van der Waals surface area contributed by atoms with Gasteiger partial charge in [-0.05, 0) is 42.7 Å². The first-order chi connectivity index (χ1) is 12.9. The second-order valence-electron chi connectivity index (χ2n) is 6.63. The fourth-order valence-corrected chi connectivity index (χ4v) is 4.74. The van der Waals surface area contributed by atoms with Crippen LogP contribution in [0.1, 0.15) is 35.2 Å². The monoisotopic (exact) mass is 391 g/mol. The molecule has 0 aliphatic carbocycles. The van der Waals surface area contributed by atoms with E-state index in [1.807, 2.05) is 6.07 Å². The normalized spacial score (nSPS) is 15.5. The second kappa shape index (κ2) is 8.14. The van der Waals surface area contributed by atoms with Gasteiger partial charge in [0.15, 0.2) is 0 Å². The highest BCUT2D eigenvalue weighted by Crippen LogP contribution is 2.24. The Kier molecular flexibility index (Phi) is 5.86. The molecule has 1 aliphatic rings. The lowest BCUT2D eigenvalue weighted by Crippen LogP contribution is -2.36. The van der Waals surface area contributed by atoms with E-state index < -0.39 is 20.7 Å². The third-order valence-corrected chi connectivity index (χ3v) is 6.51. The molecule has 144 valence electrons. The van der Waals surface area contributed by atoms with Gasteiger partial charge in [-0.25, -0.2) is 12.8 Å². The molecule has 2 aromatic rings. The molecule has 3 rings (SSSR count). The van der Waals surface area contributed by atoms with Gasteiger partial charge in [0.25, 0.3) is 5.91 Å². The molecule has 0 saturated carbocycles. The van der Waals surface area contributed by atoms with Crippen LogP contribution in [0.2, 0.25) is 0 Å². The zero-order valence-electron chi connectivity index (χ0n) is 15.1. The number of benzene rings is 1. The Balaban J connectivity index is 1.85. The summed E-state index contributed by atoms with van der Waals surface area (Å²) in [4.78, 5) is 17.7. The van der Waals surface area contributed by atoms with E-state index in [0.717, 1.165) is 37.0 Å². The first kappa shape index (κ1) is 19.4. The number of piperidine rings is 1. The highest BCUT2D eigenvalue weighted by atomic mass is 32.2. The lowest BCUT2D eigenvalue weighted by Gasteiger charge is -2.26. The highest BCUT2D eigenvalue weighted by Gasteiger charge is 2.29. The van der Waals surface area contributed by atoms with Gasteiger partial charge in [-0.3, -0.25) is 9.78 Å². The summed E-state index contributed by atoms with van der Waals surface area (Å²) in [6, 6.07) is 7.11. The van der Waals surface area contributed by atoms with Crippen LogP contribution in [-0.2, 0) is 16.6 Å². The molecule has 1 aromatic heterocycles. The SMILES string of the molecule is CN(Cc1cccnc1)C(=O)c1ccc(F)c(S(=O)(=O)N2CCCCC2)c1. The van der Waals surface area contributed by atoms with Crippen molar-refractivity contribution < 1.29 is 17.6 Å². The van der Waals surface area contributed by atoms with E-state index >= 15 is 0 Å². The number of carbonyl (C=O) groups is 1. The predicted molar refractivity (Wildman–Crippen MR) is 99.0 cm³/mol. The number of halogens is 1. The predicted octanol–water partition coefficient (Wildman–Crippen LogP) is 2.67. The van der Waals surface area contributed by atoms with Gasteiger partial charge in [-0.1, -0.05) is 12.5 Å². The van der Waals surface area contributed by atoms with Crippen molar-refractivity contribution in [2.45, 2.75) is 30.7 Å². The van der Waals surface area contributed by atoms with E-state index in [4.69, 9.17) is 0 Å². The van der Waals surface area contributed by atoms with Gasteiger partial charge in [-0.2, -0.15) is 4.31 Å². The minimum Gasteiger partial charge on any atom is -0.337 e. The minimum absolute atomic E-state index is 0.137. The Labute approximate surface area is 158 Å². The average molecular weight is 391 g/mol. The van der Waals surface area contributed by atoms with Crippen LogP contribution in [0.5, 0.6) is 0 Å². The van der Waals surface area contributed by atoms with Crippen LogP contribution in [-0.4, -0.2) is 48.7 Å². The molecule has 0 unspecified atom stereocenters. The van der Waals surface area contributed by atoms with Crippen LogP contribution >= 0.6 is 0 Å². The van der Waals surface area contributed by atoms with E-state index in [1.54, 1.807) is 25.5 Å². The maximum Gasteiger partial charge on any atom is 0.253 e. The summed E-state index contributed by atoms with van der Waals surface area (Å²) >= 11 is 0. The molecule has 0 bridgehead atoms. The number of sulfonamides is 1. The maximum absolute atomic E-state index is 14.3. The number of hydrogen-bond acceptors (Lipinski definition) is 4. The Morgan fingerprint density at radius 3 is 2.63 bits per heavy atom. The second-order valence-corrected chi connectivity index (χ2v) is 8.54. The summed E-state index contributed by atoms with van der Waals surface area (Å²) in [7, 11) is -2.35. The molecule has 0 spiro atoms. The molecule has 1 aliphatic heterocycles. The lowest BCUT2D eigenvalue weighted by molar-refractivity contribution is 0.0784. The molecule has 8 heteroatoms. The number of hydrogen-bond donors (Lipinski definition) is 0. The number of nitrogens with zero attached hydrogens (tertiary/aromatic N) is 3. The molecule has 1 amide bonds. The molecule has 6 nitrogen and oxygen atoms in total. The molecule has 2 heterocycles. The molecule has 1 saturated heterocycles. The molecule has 0 N–H and O–H groups in total. The maximum atomic E-state index is 14.3. The van der Waals surface area contributed by atoms with Crippen molar-refractivity contribution in [3.63, 3.8) is 0 Å². The standard InChI is InChI=1S/C19H22FN3O3S/c1-22(14-15-6-5-9-21-13-15)19(24)16-7-8-17(20)18(12-16)27(25,26)23-10-3-2-4-11-23/h5-9,12-13H,2-4,10-11,14H2,1H3. The van der Waals surface area contributed by atoms with Gasteiger partial charge in [0, 0.05) is 44.6 Å². The van der Waals surface area contributed by atoms with Gasteiger partial charge in [0.2, 0.25) is 10.0 Å². The summed E-state index contributed by atoms with van der Waals surface area (Å²) in [6.07, 6.45) is 5.77. The number of pyridine rings is 1. The summed E-state index contributed by atoms with van der Waals surface area (Å²) in [5.41, 5.74) is 0.981. The lowest BCUT2D eigenvalue weighted by atomic mass is 10.2. The van der Waals surface area contributed by atoms with Gasteiger partial charge in [-0.15, -0.1) is 0 Å². The van der Waals surface area contributed by atoms with Crippen molar-refractivity contribution in [1.82, 2.24) is 14.2 Å². The highest BCUT2D eigenvalue weighted by molar-refractivity contribution is 7.89. The van der Waals surface area contributed by atoms with Gasteiger partial charge >= 0.3 is 0 Å². The number of rotatable bonds is 5. The van der Waals surface area contributed by atoms with E-state index in [9.17, 15) is 17.6 Å². The van der Waals surface area contributed by atoms with Crippen molar-refractivity contribution in [2.24, 2.45) is 0 Å². The summed E-state index contributed by atoms with van der Waals surface area (Å²) in [6.45, 7) is 1.07. The van der Waals surface area contributed by atoms with Crippen LogP contribution in [0.15, 0.2) is 47.6 Å². The Morgan fingerprint density at radius 2 is 1.96 bits per heavy atom. The van der Waals surface area contributed by atoms with E-state index in [0.29, 0.717) is 19.6 Å². The van der Waals surface area contributed by atoms with Crippen LogP contribution in [0.4, 0.5) is 4.39 Å².